The summed E-state index contributed by atoms with van der Waals surface area (Å²) in [6, 6.07) is 4.19. The van der Waals surface area contributed by atoms with Crippen LogP contribution < -0.4 is 5.84 Å². The monoisotopic (exact) mass is 381 g/mol. The van der Waals surface area contributed by atoms with Gasteiger partial charge in [-0.3, -0.25) is 4.99 Å². The van der Waals surface area contributed by atoms with Crippen molar-refractivity contribution in [3.8, 4) is 5.75 Å². The van der Waals surface area contributed by atoms with Gasteiger partial charge in [-0.1, -0.05) is 37.6 Å². The Bertz CT molecular complexity index is 731. The first-order chi connectivity index (χ1) is 12.3. The number of nitrogens with zero attached hydrogens (tertiary/aromatic N) is 2. The van der Waals surface area contributed by atoms with Gasteiger partial charge in [-0.25, -0.2) is 4.79 Å². The molecule has 1 unspecified atom stereocenters. The zero-order valence-corrected chi connectivity index (χ0v) is 15.7. The highest BCUT2D eigenvalue weighted by molar-refractivity contribution is 6.43. The number of nitrogens with two attached hydrogens (primary N) is 1. The second-order valence-corrected chi connectivity index (χ2v) is 7.36. The largest absolute Gasteiger partial charge is 0.506 e. The van der Waals surface area contributed by atoms with E-state index in [2.05, 4.69) is 10.1 Å². The maximum absolute atomic E-state index is 11.6. The molecule has 0 fully saturated rings. The molecule has 1 aliphatic heterocycles. The van der Waals surface area contributed by atoms with Crippen molar-refractivity contribution in [3.05, 3.63) is 28.8 Å². The van der Waals surface area contributed by atoms with Crippen molar-refractivity contribution in [2.24, 2.45) is 21.4 Å². The summed E-state index contributed by atoms with van der Waals surface area (Å²) < 4.78 is 5.60. The number of carboxylic acid groups (broad SMARTS) is 1. The zero-order valence-electron chi connectivity index (χ0n) is 14.9. The molecule has 7 nitrogen and oxygen atoms in total. The van der Waals surface area contributed by atoms with Crippen LogP contribution in [0.5, 0.6) is 5.75 Å². The van der Waals surface area contributed by atoms with Gasteiger partial charge < -0.3 is 20.8 Å². The quantitative estimate of drug-likeness (QED) is 0.397. The molecule has 1 heterocycles. The van der Waals surface area contributed by atoms with E-state index in [0.717, 1.165) is 5.56 Å². The molecular weight excluding hydrogens is 358 g/mol. The Balaban J connectivity index is 2.10. The third-order valence-corrected chi connectivity index (χ3v) is 4.82. The van der Waals surface area contributed by atoms with E-state index in [9.17, 15) is 15.0 Å². The Kier molecular flexibility index (Phi) is 6.61. The molecule has 8 heteroatoms. The molecule has 4 N–H and O–H groups in total. The van der Waals surface area contributed by atoms with Gasteiger partial charge in [0.2, 0.25) is 0 Å². The fourth-order valence-corrected chi connectivity index (χ4v) is 3.11. The van der Waals surface area contributed by atoms with Gasteiger partial charge in [0.25, 0.3) is 0 Å². The summed E-state index contributed by atoms with van der Waals surface area (Å²) in [5.41, 5.74) is 1.19. The van der Waals surface area contributed by atoms with Crippen LogP contribution in [0.4, 0.5) is 0 Å². The van der Waals surface area contributed by atoms with Crippen molar-refractivity contribution in [2.45, 2.75) is 39.2 Å². The van der Waals surface area contributed by atoms with E-state index < -0.39 is 17.4 Å². The molecule has 142 valence electrons. The molecule has 0 bridgehead atoms. The Morgan fingerprint density at radius 1 is 1.50 bits per heavy atom. The number of halogens is 1. The lowest BCUT2D eigenvalue weighted by molar-refractivity contribution is -0.142. The minimum Gasteiger partial charge on any atom is -0.506 e. The van der Waals surface area contributed by atoms with Crippen LogP contribution in [0.2, 0.25) is 5.02 Å². The number of carbonyl (C=O) groups is 1. The number of rotatable bonds is 6. The minimum atomic E-state index is -0.999. The van der Waals surface area contributed by atoms with Crippen molar-refractivity contribution >= 4 is 29.0 Å². The van der Waals surface area contributed by atoms with Gasteiger partial charge in [-0.05, 0) is 30.9 Å². The number of aromatic hydroxyl groups is 1. The molecule has 1 aliphatic rings. The van der Waals surface area contributed by atoms with Crippen LogP contribution in [0.15, 0.2) is 28.3 Å². The topological polar surface area (TPSA) is 118 Å². The van der Waals surface area contributed by atoms with Gasteiger partial charge in [0, 0.05) is 5.41 Å². The molecule has 0 aromatic heterocycles. The van der Waals surface area contributed by atoms with Crippen LogP contribution in [-0.4, -0.2) is 46.9 Å². The van der Waals surface area contributed by atoms with Crippen molar-refractivity contribution in [1.82, 2.24) is 0 Å². The van der Waals surface area contributed by atoms with Gasteiger partial charge in [-0.2, -0.15) is 5.10 Å². The number of benzene rings is 1. The standard InChI is InChI=1S/C18H24ClN3O4/c1-18(2)10-26-9-13(21-16(18)17(24)25)12(22-20)7-3-5-11-6-4-8-14(23)15(11)19/h4,6,8,16,23H,3,5,7,9-10,20H2,1-2H3,(H,24,25)/b22-12-. The average Bonchev–Trinajstić information content (AvgIpc) is 2.73. The van der Waals surface area contributed by atoms with Crippen LogP contribution in [0, 0.1) is 5.41 Å². The first-order valence-electron chi connectivity index (χ1n) is 8.37. The highest BCUT2D eigenvalue weighted by Crippen LogP contribution is 2.29. The summed E-state index contributed by atoms with van der Waals surface area (Å²) in [5.74, 6) is 4.56. The van der Waals surface area contributed by atoms with Crippen molar-refractivity contribution < 1.29 is 19.7 Å². The van der Waals surface area contributed by atoms with Gasteiger partial charge in [0.15, 0.2) is 6.04 Å². The molecule has 1 aromatic carbocycles. The summed E-state index contributed by atoms with van der Waals surface area (Å²) in [5, 5.41) is 23.3. The van der Waals surface area contributed by atoms with E-state index in [4.69, 9.17) is 22.2 Å². The Morgan fingerprint density at radius 3 is 2.88 bits per heavy atom. The fraction of sp³-hybridized carbons (Fsp3) is 0.500. The molecule has 1 atom stereocenters. The second kappa shape index (κ2) is 8.51. The van der Waals surface area contributed by atoms with Crippen molar-refractivity contribution in [2.75, 3.05) is 13.2 Å². The summed E-state index contributed by atoms with van der Waals surface area (Å²) in [6.07, 6.45) is 1.78. The molecule has 0 amide bonds. The highest BCUT2D eigenvalue weighted by Gasteiger charge is 2.38. The molecule has 1 aromatic rings. The van der Waals surface area contributed by atoms with Crippen LogP contribution in [0.1, 0.15) is 32.3 Å². The number of aliphatic carboxylic acids is 1. The van der Waals surface area contributed by atoms with Gasteiger partial charge in [0.1, 0.15) is 5.75 Å². The van der Waals surface area contributed by atoms with Crippen molar-refractivity contribution in [3.63, 3.8) is 0 Å². The van der Waals surface area contributed by atoms with Crippen LogP contribution in [-0.2, 0) is 16.0 Å². The smallest absolute Gasteiger partial charge is 0.329 e. The maximum Gasteiger partial charge on any atom is 0.329 e. The number of hydrogen-bond donors (Lipinski definition) is 3. The van der Waals surface area contributed by atoms with Crippen LogP contribution >= 0.6 is 11.6 Å². The van der Waals surface area contributed by atoms with Gasteiger partial charge in [0.05, 0.1) is 29.7 Å². The maximum atomic E-state index is 11.6. The van der Waals surface area contributed by atoms with E-state index >= 15 is 0 Å². The molecule has 0 radical (unpaired) electrons. The van der Waals surface area contributed by atoms with Crippen molar-refractivity contribution in [1.29, 1.82) is 0 Å². The molecule has 0 saturated heterocycles. The summed E-state index contributed by atoms with van der Waals surface area (Å²) >= 11 is 6.08. The Hall–Kier alpha value is -2.12. The van der Waals surface area contributed by atoms with E-state index in [1.54, 1.807) is 19.9 Å². The number of hydrazone groups is 1. The Morgan fingerprint density at radius 2 is 2.23 bits per heavy atom. The first kappa shape index (κ1) is 20.2. The van der Waals surface area contributed by atoms with Crippen LogP contribution in [0.3, 0.4) is 0 Å². The number of phenolic OH excluding ortho intramolecular Hbond substituents is 1. The molecule has 26 heavy (non-hydrogen) atoms. The molecular formula is C18H24ClN3O4. The normalized spacial score (nSPS) is 20.3. The third kappa shape index (κ3) is 4.74. The van der Waals surface area contributed by atoms with E-state index in [1.165, 1.54) is 6.07 Å². The predicted molar refractivity (Wildman–Crippen MR) is 101 cm³/mol. The molecule has 2 rings (SSSR count). The predicted octanol–water partition coefficient (Wildman–Crippen LogP) is 2.63. The number of aryl methyl sites for hydroxylation is 1. The molecule has 0 spiro atoms. The zero-order chi connectivity index (χ0) is 19.3. The van der Waals surface area contributed by atoms with Gasteiger partial charge >= 0.3 is 5.97 Å². The summed E-state index contributed by atoms with van der Waals surface area (Å²) in [6.45, 7) is 4.08. The van der Waals surface area contributed by atoms with Gasteiger partial charge in [-0.15, -0.1) is 0 Å². The van der Waals surface area contributed by atoms with Crippen LogP contribution in [0.25, 0.3) is 0 Å². The fourth-order valence-electron chi connectivity index (χ4n) is 2.89. The lowest BCUT2D eigenvalue weighted by Crippen LogP contribution is -2.37. The minimum absolute atomic E-state index is 0.0463. The number of ether oxygens (including phenoxy) is 1. The first-order valence-corrected chi connectivity index (χ1v) is 8.74. The van der Waals surface area contributed by atoms with E-state index in [0.29, 0.717) is 35.7 Å². The number of aliphatic imine (C=N–C) groups is 1. The van der Waals surface area contributed by atoms with E-state index in [1.807, 2.05) is 6.07 Å². The third-order valence-electron chi connectivity index (χ3n) is 4.38. The highest BCUT2D eigenvalue weighted by atomic mass is 35.5. The number of phenols is 1. The second-order valence-electron chi connectivity index (χ2n) is 6.98. The Labute approximate surface area is 157 Å². The number of carboxylic acids is 1. The molecule has 0 saturated carbocycles. The SMILES string of the molecule is CC1(C)COCC(/C(CCCc2cccc(O)c2Cl)=N\N)=NC1C(=O)O. The summed E-state index contributed by atoms with van der Waals surface area (Å²) in [4.78, 5) is 15.9. The average molecular weight is 382 g/mol. The molecule has 0 aliphatic carbocycles. The lowest BCUT2D eigenvalue weighted by Gasteiger charge is -2.26. The number of hydrogen-bond acceptors (Lipinski definition) is 6. The van der Waals surface area contributed by atoms with E-state index in [-0.39, 0.29) is 19.0 Å². The summed E-state index contributed by atoms with van der Waals surface area (Å²) in [7, 11) is 0. The lowest BCUT2D eigenvalue weighted by atomic mass is 9.85.